The number of hydrogen-bond acceptors (Lipinski definition) is 5. The second-order valence-corrected chi connectivity index (χ2v) is 11.0. The molecule has 1 aliphatic rings. The van der Waals surface area contributed by atoms with Crippen molar-refractivity contribution in [1.29, 1.82) is 0 Å². The van der Waals surface area contributed by atoms with Gasteiger partial charge in [0.1, 0.15) is 23.1 Å². The Labute approximate surface area is 232 Å². The molecule has 2 aromatic rings. The van der Waals surface area contributed by atoms with Crippen LogP contribution in [0, 0.1) is 12.7 Å². The van der Waals surface area contributed by atoms with Crippen molar-refractivity contribution in [3.8, 4) is 11.5 Å². The number of ketones is 1. The molecule has 3 rings (SSSR count). The highest BCUT2D eigenvalue weighted by Gasteiger charge is 2.41. The molecular weight excluding hydrogens is 495 g/mol. The summed E-state index contributed by atoms with van der Waals surface area (Å²) >= 11 is 0. The Hall–Kier alpha value is -3.15. The van der Waals surface area contributed by atoms with Gasteiger partial charge >= 0.3 is 0 Å². The van der Waals surface area contributed by atoms with Gasteiger partial charge in [-0.3, -0.25) is 9.59 Å². The summed E-state index contributed by atoms with van der Waals surface area (Å²) in [6.07, 6.45) is 9.02. The summed E-state index contributed by atoms with van der Waals surface area (Å²) in [6, 6.07) is 7.68. The zero-order valence-corrected chi connectivity index (χ0v) is 24.3. The average molecular weight is 539 g/mol. The van der Waals surface area contributed by atoms with Crippen molar-refractivity contribution in [1.82, 2.24) is 0 Å². The van der Waals surface area contributed by atoms with Crippen LogP contribution >= 0.6 is 0 Å². The molecule has 2 atom stereocenters. The van der Waals surface area contributed by atoms with Crippen molar-refractivity contribution in [2.75, 3.05) is 0 Å². The van der Waals surface area contributed by atoms with Crippen molar-refractivity contribution >= 4 is 12.3 Å². The van der Waals surface area contributed by atoms with E-state index in [1.54, 1.807) is 0 Å². The van der Waals surface area contributed by atoms with Gasteiger partial charge in [0.25, 0.3) is 12.3 Å². The van der Waals surface area contributed by atoms with E-state index >= 15 is 0 Å². The molecule has 1 aliphatic carbocycles. The van der Waals surface area contributed by atoms with Crippen LogP contribution in [-0.4, -0.2) is 18.4 Å². The topological polar surface area (TPSA) is 61.8 Å². The van der Waals surface area contributed by atoms with Crippen molar-refractivity contribution in [3.63, 3.8) is 0 Å². The molecule has 6 heteroatoms. The Morgan fingerprint density at radius 1 is 1.18 bits per heavy atom. The van der Waals surface area contributed by atoms with Gasteiger partial charge in [-0.25, -0.2) is 4.39 Å². The van der Waals surface area contributed by atoms with Crippen LogP contribution in [0.2, 0.25) is 0 Å². The first kappa shape index (κ1) is 30.4. The predicted octanol–water partition coefficient (Wildman–Crippen LogP) is 8.25. The quantitative estimate of drug-likeness (QED) is 0.105. The molecule has 212 valence electrons. The molecule has 0 amide bonds. The van der Waals surface area contributed by atoms with Crippen molar-refractivity contribution in [2.45, 2.75) is 111 Å². The van der Waals surface area contributed by atoms with Crippen LogP contribution in [0.3, 0.4) is 0 Å². The summed E-state index contributed by atoms with van der Waals surface area (Å²) in [4.78, 5) is 24.4. The van der Waals surface area contributed by atoms with Gasteiger partial charge in [0, 0.05) is 17.0 Å². The highest BCUT2D eigenvalue weighted by Crippen LogP contribution is 2.48. The van der Waals surface area contributed by atoms with Crippen molar-refractivity contribution in [3.05, 3.63) is 70.1 Å². The van der Waals surface area contributed by atoms with E-state index in [4.69, 9.17) is 14.2 Å². The lowest BCUT2D eigenvalue weighted by Crippen LogP contribution is -2.39. The number of carbonyl (C=O) groups excluding carboxylic acids is 2. The van der Waals surface area contributed by atoms with Crippen molar-refractivity contribution in [2.24, 2.45) is 0 Å². The van der Waals surface area contributed by atoms with Crippen LogP contribution in [-0.2, 0) is 26.5 Å². The maximum absolute atomic E-state index is 13.9. The van der Waals surface area contributed by atoms with Gasteiger partial charge in [-0.1, -0.05) is 31.4 Å². The van der Waals surface area contributed by atoms with E-state index in [-0.39, 0.29) is 24.2 Å². The standard InChI is InChI=1S/C33H43FO5/c1-7-8-9-12-26-19-30(38-22(2)3)31(27-13-10-11-23(4)18-27)32(25(26)6)39-33(37-21-35,20-24(5)36)28-14-16-29(34)17-15-28/h14-19,21-22,27H,7-13,20H2,1-6H3. The first-order chi connectivity index (χ1) is 18.6. The van der Waals surface area contributed by atoms with E-state index in [1.165, 1.54) is 36.8 Å². The fraction of sp³-hybridized carbons (Fsp3) is 0.515. The van der Waals surface area contributed by atoms with E-state index in [9.17, 15) is 14.0 Å². The zero-order chi connectivity index (χ0) is 28.6. The molecule has 5 nitrogen and oxygen atoms in total. The Morgan fingerprint density at radius 2 is 1.90 bits per heavy atom. The van der Waals surface area contributed by atoms with Crippen LogP contribution in [0.1, 0.15) is 108 Å². The molecule has 0 saturated carbocycles. The number of allylic oxidation sites excluding steroid dienone is 2. The van der Waals surface area contributed by atoms with Gasteiger partial charge in [0.15, 0.2) is 0 Å². The summed E-state index contributed by atoms with van der Waals surface area (Å²) in [5.74, 6) is -1.09. The fourth-order valence-corrected chi connectivity index (χ4v) is 5.41. The minimum Gasteiger partial charge on any atom is -0.491 e. The van der Waals surface area contributed by atoms with Gasteiger partial charge in [0.05, 0.1) is 12.5 Å². The van der Waals surface area contributed by atoms with Crippen LogP contribution in [0.15, 0.2) is 42.0 Å². The van der Waals surface area contributed by atoms with E-state index in [1.807, 2.05) is 20.8 Å². The maximum atomic E-state index is 13.9. The SMILES string of the molecule is CCCCCc1cc(OC(C)C)c(C2C=C(C)CCC2)c(OC(CC(C)=O)(OC=O)c2ccc(F)cc2)c1C. The molecule has 0 saturated heterocycles. The highest BCUT2D eigenvalue weighted by molar-refractivity contribution is 5.77. The number of aryl methyl sites for hydroxylation is 1. The summed E-state index contributed by atoms with van der Waals surface area (Å²) in [6.45, 7) is 12.0. The van der Waals surface area contributed by atoms with Gasteiger partial charge in [0.2, 0.25) is 0 Å². The number of halogens is 1. The minimum atomic E-state index is -1.76. The maximum Gasteiger partial charge on any atom is 0.296 e. The van der Waals surface area contributed by atoms with Gasteiger partial charge in [-0.2, -0.15) is 0 Å². The van der Waals surface area contributed by atoms with Crippen LogP contribution in [0.4, 0.5) is 4.39 Å². The van der Waals surface area contributed by atoms with Gasteiger partial charge in [-0.15, -0.1) is 0 Å². The van der Waals surface area contributed by atoms with Crippen LogP contribution in [0.25, 0.3) is 0 Å². The lowest BCUT2D eigenvalue weighted by Gasteiger charge is -2.36. The van der Waals surface area contributed by atoms with Crippen LogP contribution < -0.4 is 9.47 Å². The number of Topliss-reactive ketones (excluding diaryl/α,β-unsaturated/α-hetero) is 1. The zero-order valence-electron chi connectivity index (χ0n) is 24.3. The number of benzene rings is 2. The largest absolute Gasteiger partial charge is 0.491 e. The van der Waals surface area contributed by atoms with E-state index in [0.717, 1.165) is 67.4 Å². The Bertz CT molecular complexity index is 1170. The third-order valence-electron chi connectivity index (χ3n) is 7.26. The lowest BCUT2D eigenvalue weighted by molar-refractivity contribution is -0.192. The fourth-order valence-electron chi connectivity index (χ4n) is 5.41. The van der Waals surface area contributed by atoms with Gasteiger partial charge < -0.3 is 14.2 Å². The Balaban J connectivity index is 2.32. The van der Waals surface area contributed by atoms with Crippen molar-refractivity contribution < 1.29 is 28.2 Å². The van der Waals surface area contributed by atoms with Crippen LogP contribution in [0.5, 0.6) is 11.5 Å². The van der Waals surface area contributed by atoms with E-state index < -0.39 is 11.6 Å². The molecule has 0 aromatic heterocycles. The Kier molecular flexibility index (Phi) is 10.7. The second kappa shape index (κ2) is 13.8. The summed E-state index contributed by atoms with van der Waals surface area (Å²) in [5, 5.41) is 0. The third kappa shape index (κ3) is 7.71. The summed E-state index contributed by atoms with van der Waals surface area (Å²) in [5.41, 5.74) is 4.60. The lowest BCUT2D eigenvalue weighted by atomic mass is 9.83. The molecule has 2 unspecified atom stereocenters. The number of carbonyl (C=O) groups is 2. The number of rotatable bonds is 14. The van der Waals surface area contributed by atoms with E-state index in [2.05, 4.69) is 26.0 Å². The number of unbranched alkanes of at least 4 members (excludes halogenated alkanes) is 2. The molecular formula is C33H43FO5. The molecule has 39 heavy (non-hydrogen) atoms. The summed E-state index contributed by atoms with van der Waals surface area (Å²) in [7, 11) is 0. The highest BCUT2D eigenvalue weighted by atomic mass is 19.1. The molecule has 0 fully saturated rings. The second-order valence-electron chi connectivity index (χ2n) is 11.0. The smallest absolute Gasteiger partial charge is 0.296 e. The third-order valence-corrected chi connectivity index (χ3v) is 7.26. The first-order valence-electron chi connectivity index (χ1n) is 14.2. The monoisotopic (exact) mass is 538 g/mol. The molecule has 0 radical (unpaired) electrons. The number of ether oxygens (including phenoxy) is 3. The number of hydrogen-bond donors (Lipinski definition) is 0. The van der Waals surface area contributed by atoms with Gasteiger partial charge in [-0.05, 0) is 108 Å². The molecule has 2 aromatic carbocycles. The first-order valence-corrected chi connectivity index (χ1v) is 14.2. The van der Waals surface area contributed by atoms with E-state index in [0.29, 0.717) is 17.8 Å². The minimum absolute atomic E-state index is 0.0327. The summed E-state index contributed by atoms with van der Waals surface area (Å²) < 4.78 is 32.7. The molecule has 0 bridgehead atoms. The average Bonchev–Trinajstić information content (AvgIpc) is 2.86. The normalized spacial score (nSPS) is 16.8. The molecule has 0 aliphatic heterocycles. The molecule has 0 heterocycles. The predicted molar refractivity (Wildman–Crippen MR) is 152 cm³/mol. The Morgan fingerprint density at radius 3 is 2.49 bits per heavy atom. The molecule has 0 spiro atoms. The molecule has 0 N–H and O–H groups in total.